The first-order valence-electron chi connectivity index (χ1n) is 6.82. The van der Waals surface area contributed by atoms with Crippen LogP contribution in [0.2, 0.25) is 0 Å². The zero-order chi connectivity index (χ0) is 13.7. The molecule has 2 heterocycles. The average Bonchev–Trinajstić information content (AvgIpc) is 2.46. The number of nitrogens with two attached hydrogens (primary N) is 1. The van der Waals surface area contributed by atoms with Crippen LogP contribution >= 0.6 is 0 Å². The molecule has 0 bridgehead atoms. The number of nitrogens with one attached hydrogen (secondary N) is 1. The highest BCUT2D eigenvalue weighted by Gasteiger charge is 2.17. The maximum absolute atomic E-state index is 11.0. The van der Waals surface area contributed by atoms with E-state index in [4.69, 9.17) is 5.73 Å². The summed E-state index contributed by atoms with van der Waals surface area (Å²) >= 11 is 0. The molecule has 6 nitrogen and oxygen atoms in total. The van der Waals surface area contributed by atoms with E-state index in [1.54, 1.807) is 12.1 Å². The standard InChI is InChI=1S/C13H21N5O/c1-2-18(9-10-5-3-4-8-15-10)12-7-6-11(13(14)19)16-17-12/h6-7,10,15H,2-5,8-9H2,1H3,(H2,14,19). The molecule has 19 heavy (non-hydrogen) atoms. The van der Waals surface area contributed by atoms with Crippen LogP contribution in [-0.2, 0) is 0 Å². The number of carbonyl (C=O) groups is 1. The van der Waals surface area contributed by atoms with Gasteiger partial charge in [0.2, 0.25) is 0 Å². The van der Waals surface area contributed by atoms with Gasteiger partial charge in [-0.1, -0.05) is 6.42 Å². The van der Waals surface area contributed by atoms with Gasteiger partial charge in [0.15, 0.2) is 11.5 Å². The highest BCUT2D eigenvalue weighted by molar-refractivity contribution is 5.90. The second-order valence-electron chi connectivity index (χ2n) is 4.83. The molecule has 0 aliphatic carbocycles. The minimum atomic E-state index is -0.545. The van der Waals surface area contributed by atoms with Crippen molar-refractivity contribution in [2.75, 3.05) is 24.5 Å². The smallest absolute Gasteiger partial charge is 0.269 e. The monoisotopic (exact) mass is 263 g/mol. The molecule has 104 valence electrons. The molecule has 1 saturated heterocycles. The summed E-state index contributed by atoms with van der Waals surface area (Å²) in [6.07, 6.45) is 3.74. The minimum absolute atomic E-state index is 0.204. The number of rotatable bonds is 5. The summed E-state index contributed by atoms with van der Waals surface area (Å²) in [5.41, 5.74) is 5.36. The van der Waals surface area contributed by atoms with Gasteiger partial charge in [-0.25, -0.2) is 0 Å². The molecule has 1 fully saturated rings. The Morgan fingerprint density at radius 3 is 2.84 bits per heavy atom. The molecule has 1 amide bonds. The number of amides is 1. The lowest BCUT2D eigenvalue weighted by atomic mass is 10.0. The number of hydrogen-bond donors (Lipinski definition) is 2. The Hall–Kier alpha value is -1.69. The van der Waals surface area contributed by atoms with Gasteiger partial charge in [0.1, 0.15) is 0 Å². The molecule has 6 heteroatoms. The van der Waals surface area contributed by atoms with Gasteiger partial charge in [-0.15, -0.1) is 10.2 Å². The van der Waals surface area contributed by atoms with Crippen LogP contribution in [-0.4, -0.2) is 41.8 Å². The lowest BCUT2D eigenvalue weighted by Crippen LogP contribution is -2.44. The van der Waals surface area contributed by atoms with Gasteiger partial charge in [-0.3, -0.25) is 4.79 Å². The fraction of sp³-hybridized carbons (Fsp3) is 0.615. The van der Waals surface area contributed by atoms with E-state index in [2.05, 4.69) is 27.3 Å². The number of likely N-dealkylation sites (N-methyl/N-ethyl adjacent to an activating group) is 1. The zero-order valence-corrected chi connectivity index (χ0v) is 11.3. The van der Waals surface area contributed by atoms with E-state index < -0.39 is 5.91 Å². The number of primary amides is 1. The second kappa shape index (κ2) is 6.47. The van der Waals surface area contributed by atoms with Crippen LogP contribution in [0, 0.1) is 0 Å². The molecule has 3 N–H and O–H groups in total. The molecule has 0 radical (unpaired) electrons. The van der Waals surface area contributed by atoms with E-state index in [-0.39, 0.29) is 5.69 Å². The Morgan fingerprint density at radius 2 is 2.32 bits per heavy atom. The third-order valence-corrected chi connectivity index (χ3v) is 3.46. The third-order valence-electron chi connectivity index (χ3n) is 3.46. The topological polar surface area (TPSA) is 84.1 Å². The average molecular weight is 263 g/mol. The van der Waals surface area contributed by atoms with E-state index >= 15 is 0 Å². The summed E-state index contributed by atoms with van der Waals surface area (Å²) in [7, 11) is 0. The summed E-state index contributed by atoms with van der Waals surface area (Å²) in [5, 5.41) is 11.5. The van der Waals surface area contributed by atoms with Gasteiger partial charge in [-0.05, 0) is 38.4 Å². The maximum atomic E-state index is 11.0. The Morgan fingerprint density at radius 1 is 1.47 bits per heavy atom. The molecule has 0 saturated carbocycles. The van der Waals surface area contributed by atoms with Gasteiger partial charge in [-0.2, -0.15) is 0 Å². The molecule has 1 aliphatic rings. The molecule has 2 rings (SSSR count). The zero-order valence-electron chi connectivity index (χ0n) is 11.3. The van der Waals surface area contributed by atoms with Gasteiger partial charge in [0.25, 0.3) is 5.91 Å². The van der Waals surface area contributed by atoms with Crippen LogP contribution in [0.25, 0.3) is 0 Å². The van der Waals surface area contributed by atoms with E-state index in [1.165, 1.54) is 19.3 Å². The number of anilines is 1. The quantitative estimate of drug-likeness (QED) is 0.810. The van der Waals surface area contributed by atoms with Crippen LogP contribution in [0.3, 0.4) is 0 Å². The first-order valence-corrected chi connectivity index (χ1v) is 6.82. The molecular weight excluding hydrogens is 242 g/mol. The summed E-state index contributed by atoms with van der Waals surface area (Å²) in [4.78, 5) is 13.1. The Kier molecular flexibility index (Phi) is 4.68. The fourth-order valence-corrected chi connectivity index (χ4v) is 2.36. The Bertz CT molecular complexity index is 414. The van der Waals surface area contributed by atoms with Crippen LogP contribution in [0.15, 0.2) is 12.1 Å². The number of nitrogens with zero attached hydrogens (tertiary/aromatic N) is 3. The lowest BCUT2D eigenvalue weighted by Gasteiger charge is -2.30. The fourth-order valence-electron chi connectivity index (χ4n) is 2.36. The van der Waals surface area contributed by atoms with Crippen LogP contribution in [0.4, 0.5) is 5.82 Å². The highest BCUT2D eigenvalue weighted by Crippen LogP contribution is 2.13. The summed E-state index contributed by atoms with van der Waals surface area (Å²) in [6, 6.07) is 3.94. The van der Waals surface area contributed by atoms with Crippen molar-refractivity contribution >= 4 is 11.7 Å². The van der Waals surface area contributed by atoms with Gasteiger partial charge in [0.05, 0.1) is 0 Å². The second-order valence-corrected chi connectivity index (χ2v) is 4.83. The molecule has 1 unspecified atom stereocenters. The summed E-state index contributed by atoms with van der Waals surface area (Å²) in [6.45, 7) is 4.96. The van der Waals surface area contributed by atoms with Crippen LogP contribution in [0.5, 0.6) is 0 Å². The van der Waals surface area contributed by atoms with Crippen molar-refractivity contribution in [1.82, 2.24) is 15.5 Å². The largest absolute Gasteiger partial charge is 0.364 e. The summed E-state index contributed by atoms with van der Waals surface area (Å²) < 4.78 is 0. The van der Waals surface area contributed by atoms with Crippen molar-refractivity contribution in [2.24, 2.45) is 5.73 Å². The molecule has 1 aromatic heterocycles. The van der Waals surface area contributed by atoms with E-state index in [0.29, 0.717) is 6.04 Å². The van der Waals surface area contributed by atoms with Gasteiger partial charge < -0.3 is 16.0 Å². The number of carbonyl (C=O) groups excluding carboxylic acids is 1. The van der Waals surface area contributed by atoms with Gasteiger partial charge >= 0.3 is 0 Å². The van der Waals surface area contributed by atoms with Gasteiger partial charge in [0, 0.05) is 19.1 Å². The van der Waals surface area contributed by atoms with Crippen molar-refractivity contribution in [3.8, 4) is 0 Å². The molecule has 1 aromatic rings. The van der Waals surface area contributed by atoms with Crippen molar-refractivity contribution in [1.29, 1.82) is 0 Å². The van der Waals surface area contributed by atoms with E-state index in [0.717, 1.165) is 25.5 Å². The first-order chi connectivity index (χ1) is 9.20. The normalized spacial score (nSPS) is 19.1. The van der Waals surface area contributed by atoms with Crippen molar-refractivity contribution in [3.63, 3.8) is 0 Å². The predicted octanol–water partition coefficient (Wildman–Crippen LogP) is 0.544. The third kappa shape index (κ3) is 3.64. The predicted molar refractivity (Wildman–Crippen MR) is 74.1 cm³/mol. The first kappa shape index (κ1) is 13.7. The molecular formula is C13H21N5O. The Balaban J connectivity index is 2.01. The molecule has 1 atom stereocenters. The summed E-state index contributed by atoms with van der Waals surface area (Å²) in [5.74, 6) is 0.246. The minimum Gasteiger partial charge on any atom is -0.364 e. The molecule has 0 aromatic carbocycles. The van der Waals surface area contributed by atoms with Crippen molar-refractivity contribution in [3.05, 3.63) is 17.8 Å². The van der Waals surface area contributed by atoms with Crippen molar-refractivity contribution < 1.29 is 4.79 Å². The molecule has 1 aliphatic heterocycles. The maximum Gasteiger partial charge on any atom is 0.269 e. The van der Waals surface area contributed by atoms with E-state index in [1.807, 2.05) is 0 Å². The van der Waals surface area contributed by atoms with Crippen molar-refractivity contribution in [2.45, 2.75) is 32.2 Å². The highest BCUT2D eigenvalue weighted by atomic mass is 16.1. The van der Waals surface area contributed by atoms with Crippen LogP contribution < -0.4 is 16.0 Å². The Labute approximate surface area is 113 Å². The molecule has 0 spiro atoms. The van der Waals surface area contributed by atoms with Crippen LogP contribution in [0.1, 0.15) is 36.7 Å². The van der Waals surface area contributed by atoms with E-state index in [9.17, 15) is 4.79 Å². The number of aromatic nitrogens is 2. The number of piperidine rings is 1. The number of hydrogen-bond acceptors (Lipinski definition) is 5. The SMILES string of the molecule is CCN(CC1CCCCN1)c1ccc(C(N)=O)nn1. The lowest BCUT2D eigenvalue weighted by molar-refractivity contribution is 0.0994.